The third-order valence-electron chi connectivity index (χ3n) is 4.28. The van der Waals surface area contributed by atoms with Crippen molar-refractivity contribution in [3.63, 3.8) is 0 Å². The van der Waals surface area contributed by atoms with Gasteiger partial charge in [-0.15, -0.1) is 0 Å². The molecule has 0 aliphatic carbocycles. The van der Waals surface area contributed by atoms with Crippen LogP contribution in [-0.2, 0) is 0 Å². The molecule has 0 aromatic heterocycles. The van der Waals surface area contributed by atoms with Crippen LogP contribution in [0.3, 0.4) is 0 Å². The van der Waals surface area contributed by atoms with Crippen LogP contribution in [0.4, 0.5) is 0 Å². The molecule has 0 bridgehead atoms. The molecule has 0 unspecified atom stereocenters. The zero-order valence-electron chi connectivity index (χ0n) is 19.6. The Morgan fingerprint density at radius 3 is 1.53 bits per heavy atom. The Balaban J connectivity index is 0.00000106. The van der Waals surface area contributed by atoms with Gasteiger partial charge in [-0.25, -0.2) is 0 Å². The first-order valence-corrected chi connectivity index (χ1v) is 10.8. The number of nitrogens with zero attached hydrogens (tertiary/aromatic N) is 1. The lowest BCUT2D eigenvalue weighted by Crippen LogP contribution is -2.18. The van der Waals surface area contributed by atoms with Gasteiger partial charge in [0.2, 0.25) is 0 Å². The maximum absolute atomic E-state index is 5.76. The topological polar surface area (TPSA) is 12.5 Å². The van der Waals surface area contributed by atoms with Crippen molar-refractivity contribution < 1.29 is 4.74 Å². The van der Waals surface area contributed by atoms with E-state index in [9.17, 15) is 0 Å². The Morgan fingerprint density at radius 1 is 0.633 bits per heavy atom. The van der Waals surface area contributed by atoms with Gasteiger partial charge in [-0.05, 0) is 61.0 Å². The quantitative estimate of drug-likeness (QED) is 0.310. The lowest BCUT2D eigenvalue weighted by molar-refractivity contribution is 0.179. The smallest absolute Gasteiger partial charge is 0.141 e. The molecule has 0 aliphatic rings. The van der Waals surface area contributed by atoms with Crippen molar-refractivity contribution in [1.29, 1.82) is 0 Å². The summed E-state index contributed by atoms with van der Waals surface area (Å²) in [6.07, 6.45) is 0. The van der Waals surface area contributed by atoms with Crippen molar-refractivity contribution in [3.05, 3.63) is 102 Å². The average molecular weight is 404 g/mol. The van der Waals surface area contributed by atoms with Crippen LogP contribution in [0.5, 0.6) is 5.75 Å². The summed E-state index contributed by atoms with van der Waals surface area (Å²) in [4.78, 5) is 2.00. The van der Waals surface area contributed by atoms with E-state index in [4.69, 9.17) is 4.74 Å². The molecular weight excluding hydrogens is 366 g/mol. The first-order valence-electron chi connectivity index (χ1n) is 10.8. The first-order chi connectivity index (χ1) is 14.6. The zero-order chi connectivity index (χ0) is 22.4. The Hall–Kier alpha value is -2.84. The molecule has 0 radical (unpaired) electrons. The normalized spacial score (nSPS) is 10.8. The fraction of sp³-hybridized carbons (Fsp3) is 0.286. The van der Waals surface area contributed by atoms with Crippen LogP contribution in [0.1, 0.15) is 51.3 Å². The molecule has 2 nitrogen and oxygen atoms in total. The molecule has 0 amide bonds. The van der Waals surface area contributed by atoms with Crippen LogP contribution in [0.15, 0.2) is 84.9 Å². The Bertz CT molecular complexity index is 850. The second-order valence-electron chi connectivity index (χ2n) is 6.61. The lowest BCUT2D eigenvalue weighted by atomic mass is 9.90. The molecule has 0 atom stereocenters. The van der Waals surface area contributed by atoms with Gasteiger partial charge in [0.15, 0.2) is 0 Å². The fourth-order valence-corrected chi connectivity index (χ4v) is 2.96. The summed E-state index contributed by atoms with van der Waals surface area (Å²) in [5.41, 5.74) is 6.15. The van der Waals surface area contributed by atoms with Crippen LogP contribution < -0.4 is 4.74 Å². The third-order valence-corrected chi connectivity index (χ3v) is 4.28. The molecule has 3 aromatic carbocycles. The van der Waals surface area contributed by atoms with E-state index in [1.54, 1.807) is 0 Å². The van der Waals surface area contributed by atoms with E-state index in [1.165, 1.54) is 27.8 Å². The van der Waals surface area contributed by atoms with Crippen molar-refractivity contribution in [3.8, 4) is 5.75 Å². The van der Waals surface area contributed by atoms with Gasteiger partial charge >= 0.3 is 0 Å². The van der Waals surface area contributed by atoms with Gasteiger partial charge in [0.1, 0.15) is 12.5 Å². The maximum Gasteiger partial charge on any atom is 0.141 e. The summed E-state index contributed by atoms with van der Waals surface area (Å²) in [7, 11) is 3.99. The van der Waals surface area contributed by atoms with Gasteiger partial charge in [0.05, 0.1) is 0 Å². The minimum atomic E-state index is 0.573. The third kappa shape index (κ3) is 7.53. The number of allylic oxidation sites excluding steroid dienone is 1. The van der Waals surface area contributed by atoms with Gasteiger partial charge in [0.25, 0.3) is 0 Å². The number of hydrogen-bond acceptors (Lipinski definition) is 2. The molecule has 2 heteroatoms. The summed E-state index contributed by atoms with van der Waals surface area (Å²) >= 11 is 0. The largest absolute Gasteiger partial charge is 0.478 e. The number of ether oxygens (including phenoxy) is 1. The zero-order valence-corrected chi connectivity index (χ0v) is 19.6. The Labute approximate surface area is 183 Å². The highest BCUT2D eigenvalue weighted by atomic mass is 16.5. The van der Waals surface area contributed by atoms with E-state index in [-0.39, 0.29) is 0 Å². The average Bonchev–Trinajstić information content (AvgIpc) is 2.82. The number of benzene rings is 3. The van der Waals surface area contributed by atoms with Crippen molar-refractivity contribution in [2.24, 2.45) is 0 Å². The molecule has 160 valence electrons. The second kappa shape index (κ2) is 14.2. The highest BCUT2D eigenvalue weighted by Gasteiger charge is 2.11. The van der Waals surface area contributed by atoms with Crippen LogP contribution in [0.25, 0.3) is 11.1 Å². The Kier molecular flexibility index (Phi) is 11.9. The molecule has 0 heterocycles. The van der Waals surface area contributed by atoms with Gasteiger partial charge < -0.3 is 4.74 Å². The molecule has 3 aromatic rings. The fourth-order valence-electron chi connectivity index (χ4n) is 2.96. The van der Waals surface area contributed by atoms with Gasteiger partial charge in [-0.2, -0.15) is 0 Å². The van der Waals surface area contributed by atoms with E-state index in [0.29, 0.717) is 6.73 Å². The molecule has 0 aliphatic heterocycles. The summed E-state index contributed by atoms with van der Waals surface area (Å²) in [6, 6.07) is 29.5. The summed E-state index contributed by atoms with van der Waals surface area (Å²) < 4.78 is 5.76. The van der Waals surface area contributed by atoms with Gasteiger partial charge in [0, 0.05) is 0 Å². The summed E-state index contributed by atoms with van der Waals surface area (Å²) in [5.74, 6) is 0.882. The molecule has 0 saturated heterocycles. The number of hydrogen-bond donors (Lipinski definition) is 0. The van der Waals surface area contributed by atoms with Crippen molar-refractivity contribution >= 4 is 11.1 Å². The summed E-state index contributed by atoms with van der Waals surface area (Å²) in [6.45, 7) is 10.8. The standard InChI is InChI=1S/C24H25NO.2C2H6/c1-19(20-10-6-4-7-11-20)24(21-12-8-5-9-13-21)22-14-16-23(17-15-22)26-18-25(2)3;2*1-2/h4-17H,18H2,1-3H3;2*1-2H3/b24-19-;;. The molecular formula is C28H37NO. The van der Waals surface area contributed by atoms with Crippen molar-refractivity contribution in [2.45, 2.75) is 34.6 Å². The first kappa shape index (κ1) is 25.2. The predicted molar refractivity (Wildman–Crippen MR) is 133 cm³/mol. The molecule has 0 spiro atoms. The highest BCUT2D eigenvalue weighted by molar-refractivity contribution is 5.97. The van der Waals surface area contributed by atoms with Crippen molar-refractivity contribution in [2.75, 3.05) is 20.8 Å². The Morgan fingerprint density at radius 2 is 1.07 bits per heavy atom. The number of rotatable bonds is 6. The van der Waals surface area contributed by atoms with Crippen LogP contribution in [0.2, 0.25) is 0 Å². The van der Waals surface area contributed by atoms with Crippen LogP contribution in [0, 0.1) is 0 Å². The van der Waals surface area contributed by atoms with E-state index in [2.05, 4.69) is 79.7 Å². The maximum atomic E-state index is 5.76. The van der Waals surface area contributed by atoms with E-state index in [0.717, 1.165) is 5.75 Å². The van der Waals surface area contributed by atoms with Crippen molar-refractivity contribution in [1.82, 2.24) is 4.90 Å². The molecule has 0 saturated carbocycles. The summed E-state index contributed by atoms with van der Waals surface area (Å²) in [5, 5.41) is 0. The molecule has 0 fully saturated rings. The van der Waals surface area contributed by atoms with E-state index >= 15 is 0 Å². The SMILES string of the molecule is C/C(=C(\c1ccccc1)c1ccc(OCN(C)C)cc1)c1ccccc1.CC.CC. The predicted octanol–water partition coefficient (Wildman–Crippen LogP) is 7.62. The molecule has 3 rings (SSSR count). The van der Waals surface area contributed by atoms with E-state index < -0.39 is 0 Å². The minimum Gasteiger partial charge on any atom is -0.478 e. The minimum absolute atomic E-state index is 0.573. The monoisotopic (exact) mass is 403 g/mol. The molecule has 30 heavy (non-hydrogen) atoms. The van der Waals surface area contributed by atoms with Gasteiger partial charge in [-0.1, -0.05) is 100 Å². The van der Waals surface area contributed by atoms with Crippen LogP contribution in [-0.4, -0.2) is 25.7 Å². The van der Waals surface area contributed by atoms with E-state index in [1.807, 2.05) is 58.8 Å². The highest BCUT2D eigenvalue weighted by Crippen LogP contribution is 2.32. The second-order valence-corrected chi connectivity index (χ2v) is 6.61. The van der Waals surface area contributed by atoms with Gasteiger partial charge in [-0.3, -0.25) is 4.90 Å². The van der Waals surface area contributed by atoms with Crippen LogP contribution >= 0.6 is 0 Å². The molecule has 0 N–H and O–H groups in total. The lowest BCUT2D eigenvalue weighted by Gasteiger charge is -2.16.